The summed E-state index contributed by atoms with van der Waals surface area (Å²) in [5.41, 5.74) is 2.62. The number of rotatable bonds is 5. The Labute approximate surface area is 175 Å². The molecule has 1 unspecified atom stereocenters. The van der Waals surface area contributed by atoms with E-state index in [1.165, 1.54) is 6.42 Å². The number of hydrogen-bond acceptors (Lipinski definition) is 4. The summed E-state index contributed by atoms with van der Waals surface area (Å²) in [5, 5.41) is 2.96. The van der Waals surface area contributed by atoms with E-state index in [0.717, 1.165) is 48.4 Å². The monoisotopic (exact) mass is 410 g/mol. The molecule has 2 fully saturated rings. The average molecular weight is 411 g/mol. The third kappa shape index (κ3) is 4.42. The summed E-state index contributed by atoms with van der Waals surface area (Å²) < 4.78 is 5.32. The molecule has 5 nitrogen and oxygen atoms in total. The van der Waals surface area contributed by atoms with Crippen molar-refractivity contribution in [3.8, 4) is 5.75 Å². The van der Waals surface area contributed by atoms with Gasteiger partial charge in [0, 0.05) is 23.4 Å². The van der Waals surface area contributed by atoms with Crippen molar-refractivity contribution in [2.45, 2.75) is 37.5 Å². The van der Waals surface area contributed by atoms with Crippen molar-refractivity contribution in [2.75, 3.05) is 23.1 Å². The number of ether oxygens (including phenoxy) is 1. The van der Waals surface area contributed by atoms with Crippen molar-refractivity contribution < 1.29 is 14.3 Å². The van der Waals surface area contributed by atoms with Crippen molar-refractivity contribution in [2.24, 2.45) is 5.92 Å². The second kappa shape index (κ2) is 8.91. The Bertz CT molecular complexity index is 895. The first-order chi connectivity index (χ1) is 14.2. The number of amides is 2. The molecular formula is C23H26N2O3S. The number of nitrogens with zero attached hydrogens (tertiary/aromatic N) is 1. The van der Waals surface area contributed by atoms with Crippen LogP contribution in [0, 0.1) is 5.92 Å². The summed E-state index contributed by atoms with van der Waals surface area (Å²) >= 11 is 1.60. The van der Waals surface area contributed by atoms with Gasteiger partial charge in [-0.2, -0.15) is 0 Å². The van der Waals surface area contributed by atoms with Crippen LogP contribution in [-0.4, -0.2) is 24.7 Å². The molecule has 1 N–H and O–H groups in total. The highest BCUT2D eigenvalue weighted by Gasteiger charge is 2.34. The zero-order chi connectivity index (χ0) is 20.2. The van der Waals surface area contributed by atoms with Gasteiger partial charge < -0.3 is 10.1 Å². The SMILES string of the molecule is COc1cccc(N2C(=O)CSC2c2cccc(NC(=O)C3CCCCC3)c2)c1. The molecule has 0 radical (unpaired) electrons. The van der Waals surface area contributed by atoms with Crippen molar-refractivity contribution in [3.63, 3.8) is 0 Å². The van der Waals surface area contributed by atoms with Gasteiger partial charge >= 0.3 is 0 Å². The highest BCUT2D eigenvalue weighted by molar-refractivity contribution is 8.00. The minimum atomic E-state index is -0.124. The second-order valence-electron chi connectivity index (χ2n) is 7.58. The maximum Gasteiger partial charge on any atom is 0.238 e. The van der Waals surface area contributed by atoms with Gasteiger partial charge in [0.05, 0.1) is 12.9 Å². The molecule has 1 aliphatic carbocycles. The first kappa shape index (κ1) is 19.8. The molecule has 1 aliphatic heterocycles. The molecule has 0 aromatic heterocycles. The lowest BCUT2D eigenvalue weighted by atomic mass is 9.88. The lowest BCUT2D eigenvalue weighted by Gasteiger charge is -2.25. The summed E-state index contributed by atoms with van der Waals surface area (Å²) in [6, 6.07) is 15.4. The Morgan fingerprint density at radius 3 is 2.69 bits per heavy atom. The molecule has 152 valence electrons. The molecular weight excluding hydrogens is 384 g/mol. The van der Waals surface area contributed by atoms with Gasteiger partial charge in [0.15, 0.2) is 0 Å². The largest absolute Gasteiger partial charge is 0.497 e. The zero-order valence-electron chi connectivity index (χ0n) is 16.6. The van der Waals surface area contributed by atoms with Gasteiger partial charge in [0.25, 0.3) is 0 Å². The van der Waals surface area contributed by atoms with Gasteiger partial charge in [-0.05, 0) is 42.7 Å². The number of methoxy groups -OCH3 is 1. The van der Waals surface area contributed by atoms with Gasteiger partial charge in [0.1, 0.15) is 11.1 Å². The predicted octanol–water partition coefficient (Wildman–Crippen LogP) is 4.99. The van der Waals surface area contributed by atoms with Crippen molar-refractivity contribution in [1.29, 1.82) is 0 Å². The second-order valence-corrected chi connectivity index (χ2v) is 8.65. The Morgan fingerprint density at radius 2 is 1.90 bits per heavy atom. The Kier molecular flexibility index (Phi) is 6.09. The molecule has 1 saturated heterocycles. The van der Waals surface area contributed by atoms with Gasteiger partial charge in [-0.15, -0.1) is 11.8 Å². The number of benzene rings is 2. The Balaban J connectivity index is 1.54. The highest BCUT2D eigenvalue weighted by atomic mass is 32.2. The molecule has 2 aromatic rings. The fourth-order valence-electron chi connectivity index (χ4n) is 4.09. The molecule has 2 aromatic carbocycles. The summed E-state index contributed by atoms with van der Waals surface area (Å²) in [7, 11) is 1.62. The van der Waals surface area contributed by atoms with E-state index in [2.05, 4.69) is 5.32 Å². The third-order valence-electron chi connectivity index (χ3n) is 5.61. The quantitative estimate of drug-likeness (QED) is 0.754. The van der Waals surface area contributed by atoms with Crippen molar-refractivity contribution in [1.82, 2.24) is 0 Å². The lowest BCUT2D eigenvalue weighted by molar-refractivity contribution is -0.120. The molecule has 4 rings (SSSR count). The maximum absolute atomic E-state index is 12.6. The summed E-state index contributed by atoms with van der Waals surface area (Å²) in [5.74, 6) is 1.45. The first-order valence-electron chi connectivity index (χ1n) is 10.1. The number of carbonyl (C=O) groups excluding carboxylic acids is 2. The number of hydrogen-bond donors (Lipinski definition) is 1. The van der Waals surface area contributed by atoms with Crippen LogP contribution in [0.4, 0.5) is 11.4 Å². The van der Waals surface area contributed by atoms with E-state index in [0.29, 0.717) is 5.75 Å². The topological polar surface area (TPSA) is 58.6 Å². The van der Waals surface area contributed by atoms with Crippen LogP contribution < -0.4 is 15.0 Å². The average Bonchev–Trinajstić information content (AvgIpc) is 3.16. The van der Waals surface area contributed by atoms with Crippen LogP contribution in [0.2, 0.25) is 0 Å². The summed E-state index contributed by atoms with van der Waals surface area (Å²) in [6.45, 7) is 0. The van der Waals surface area contributed by atoms with Crippen LogP contribution in [0.1, 0.15) is 43.0 Å². The number of nitrogens with one attached hydrogen (secondary N) is 1. The van der Waals surface area contributed by atoms with E-state index in [1.54, 1.807) is 18.9 Å². The third-order valence-corrected chi connectivity index (χ3v) is 6.83. The number of anilines is 2. The van der Waals surface area contributed by atoms with Crippen LogP contribution in [0.3, 0.4) is 0 Å². The normalized spacial score (nSPS) is 20.0. The van der Waals surface area contributed by atoms with E-state index in [9.17, 15) is 9.59 Å². The Hall–Kier alpha value is -2.47. The van der Waals surface area contributed by atoms with Gasteiger partial charge in [0.2, 0.25) is 11.8 Å². The fraction of sp³-hybridized carbons (Fsp3) is 0.391. The zero-order valence-corrected chi connectivity index (χ0v) is 17.4. The molecule has 6 heteroatoms. The molecule has 1 saturated carbocycles. The van der Waals surface area contributed by atoms with E-state index in [4.69, 9.17) is 4.74 Å². The molecule has 2 amide bonds. The first-order valence-corrected chi connectivity index (χ1v) is 11.2. The van der Waals surface area contributed by atoms with E-state index < -0.39 is 0 Å². The minimum Gasteiger partial charge on any atom is -0.497 e. The summed E-state index contributed by atoms with van der Waals surface area (Å²) in [6.07, 6.45) is 5.44. The molecule has 2 aliphatic rings. The van der Waals surface area contributed by atoms with Gasteiger partial charge in [-0.25, -0.2) is 0 Å². The smallest absolute Gasteiger partial charge is 0.238 e. The van der Waals surface area contributed by atoms with E-state index >= 15 is 0 Å². The maximum atomic E-state index is 12.6. The lowest BCUT2D eigenvalue weighted by Crippen LogP contribution is -2.28. The van der Waals surface area contributed by atoms with Crippen LogP contribution in [-0.2, 0) is 9.59 Å². The highest BCUT2D eigenvalue weighted by Crippen LogP contribution is 2.43. The van der Waals surface area contributed by atoms with Crippen LogP contribution in [0.25, 0.3) is 0 Å². The van der Waals surface area contributed by atoms with Crippen molar-refractivity contribution in [3.05, 3.63) is 54.1 Å². The standard InChI is InChI=1S/C23H26N2O3S/c1-28-20-12-6-11-19(14-20)25-21(26)15-29-23(25)17-9-5-10-18(13-17)24-22(27)16-7-3-2-4-8-16/h5-6,9-14,16,23H,2-4,7-8,15H2,1H3,(H,24,27). The van der Waals surface area contributed by atoms with Crippen LogP contribution in [0.5, 0.6) is 5.75 Å². The minimum absolute atomic E-state index is 0.0740. The molecule has 1 heterocycles. The van der Waals surface area contributed by atoms with Crippen LogP contribution >= 0.6 is 11.8 Å². The van der Waals surface area contributed by atoms with Gasteiger partial charge in [-0.3, -0.25) is 14.5 Å². The Morgan fingerprint density at radius 1 is 1.10 bits per heavy atom. The van der Waals surface area contributed by atoms with Crippen molar-refractivity contribution >= 4 is 35.0 Å². The number of carbonyl (C=O) groups is 2. The van der Waals surface area contributed by atoms with E-state index in [-0.39, 0.29) is 23.1 Å². The molecule has 1 atom stereocenters. The predicted molar refractivity (Wildman–Crippen MR) is 117 cm³/mol. The molecule has 0 spiro atoms. The van der Waals surface area contributed by atoms with E-state index in [1.807, 2.05) is 53.4 Å². The fourth-order valence-corrected chi connectivity index (χ4v) is 5.26. The van der Waals surface area contributed by atoms with Gasteiger partial charge in [-0.1, -0.05) is 37.5 Å². The summed E-state index contributed by atoms with van der Waals surface area (Å²) in [4.78, 5) is 27.1. The molecule has 0 bridgehead atoms. The number of thioether (sulfide) groups is 1. The van der Waals surface area contributed by atoms with Crippen LogP contribution in [0.15, 0.2) is 48.5 Å². The molecule has 29 heavy (non-hydrogen) atoms.